The molecule has 1 rings (SSSR count). The van der Waals surface area contributed by atoms with Crippen LogP contribution >= 0.6 is 0 Å². The molecule has 3 nitrogen and oxygen atoms in total. The molecule has 0 saturated heterocycles. The average Bonchev–Trinajstić information content (AvgIpc) is 2.23. The third-order valence-corrected chi connectivity index (χ3v) is 2.23. The van der Waals surface area contributed by atoms with Gasteiger partial charge in [-0.15, -0.1) is 0 Å². The van der Waals surface area contributed by atoms with Gasteiger partial charge < -0.3 is 15.2 Å². The van der Waals surface area contributed by atoms with Crippen LogP contribution in [-0.4, -0.2) is 26.6 Å². The minimum Gasteiger partial charge on any atom is -0.354 e. The topological polar surface area (TPSA) is 44.5 Å². The van der Waals surface area contributed by atoms with E-state index in [4.69, 9.17) is 15.2 Å². The Morgan fingerprint density at radius 1 is 1.27 bits per heavy atom. The van der Waals surface area contributed by atoms with Crippen LogP contribution in [0.15, 0.2) is 24.3 Å². The highest BCUT2D eigenvalue weighted by Crippen LogP contribution is 2.11. The lowest BCUT2D eigenvalue weighted by molar-refractivity contribution is -0.116. The minimum absolute atomic E-state index is 0.251. The van der Waals surface area contributed by atoms with Crippen LogP contribution in [0.4, 0.5) is 4.39 Å². The summed E-state index contributed by atoms with van der Waals surface area (Å²) in [5.74, 6) is -0.251. The van der Waals surface area contributed by atoms with Crippen LogP contribution in [0, 0.1) is 5.82 Å². The molecule has 15 heavy (non-hydrogen) atoms. The van der Waals surface area contributed by atoms with Gasteiger partial charge >= 0.3 is 0 Å². The summed E-state index contributed by atoms with van der Waals surface area (Å²) in [5.41, 5.74) is 6.40. The molecule has 0 aliphatic rings. The zero-order chi connectivity index (χ0) is 11.3. The Morgan fingerprint density at radius 3 is 2.40 bits per heavy atom. The summed E-state index contributed by atoms with van der Waals surface area (Å²) in [7, 11) is 3.02. The van der Waals surface area contributed by atoms with Gasteiger partial charge in [0.15, 0.2) is 6.29 Å². The second-order valence-electron chi connectivity index (χ2n) is 3.30. The summed E-state index contributed by atoms with van der Waals surface area (Å²) in [6, 6.07) is 6.17. The number of benzene rings is 1. The number of methoxy groups -OCH3 is 2. The van der Waals surface area contributed by atoms with Gasteiger partial charge in [0.05, 0.1) is 6.04 Å². The summed E-state index contributed by atoms with van der Waals surface area (Å²) in [6.45, 7) is 0. The molecule has 0 radical (unpaired) electrons. The Hall–Kier alpha value is -0.970. The van der Waals surface area contributed by atoms with E-state index in [0.717, 1.165) is 0 Å². The van der Waals surface area contributed by atoms with Gasteiger partial charge in [0.2, 0.25) is 0 Å². The van der Waals surface area contributed by atoms with Crippen LogP contribution in [0.5, 0.6) is 0 Å². The third-order valence-electron chi connectivity index (χ3n) is 2.23. The predicted octanol–water partition coefficient (Wildman–Crippen LogP) is 1.31. The molecule has 0 aliphatic heterocycles. The lowest BCUT2D eigenvalue weighted by Crippen LogP contribution is -2.39. The molecule has 0 aromatic heterocycles. The van der Waals surface area contributed by atoms with E-state index in [2.05, 4.69) is 0 Å². The smallest absolute Gasteiger partial charge is 0.172 e. The summed E-state index contributed by atoms with van der Waals surface area (Å²) < 4.78 is 23.3. The fraction of sp³-hybridized carbons (Fsp3) is 0.455. The Balaban J connectivity index is 2.65. The standard InChI is InChI=1S/C11H16FNO2/c1-14-11(15-2)10(13)7-8-5-3-4-6-9(8)12/h3-6,10-11H,7,13H2,1-2H3. The highest BCUT2D eigenvalue weighted by molar-refractivity contribution is 5.18. The van der Waals surface area contributed by atoms with E-state index in [1.54, 1.807) is 18.2 Å². The molecule has 84 valence electrons. The minimum atomic E-state index is -0.510. The maximum Gasteiger partial charge on any atom is 0.172 e. The van der Waals surface area contributed by atoms with Gasteiger partial charge in [-0.25, -0.2) is 4.39 Å². The van der Waals surface area contributed by atoms with E-state index in [1.807, 2.05) is 0 Å². The zero-order valence-corrected chi connectivity index (χ0v) is 8.94. The molecule has 2 N–H and O–H groups in total. The van der Waals surface area contributed by atoms with E-state index in [9.17, 15) is 4.39 Å². The Morgan fingerprint density at radius 2 is 1.87 bits per heavy atom. The van der Waals surface area contributed by atoms with Crippen molar-refractivity contribution in [2.75, 3.05) is 14.2 Å². The normalized spacial score (nSPS) is 13.1. The molecular formula is C11H16FNO2. The maximum absolute atomic E-state index is 13.3. The van der Waals surface area contributed by atoms with Crippen LogP contribution in [0.2, 0.25) is 0 Å². The van der Waals surface area contributed by atoms with E-state index >= 15 is 0 Å². The van der Waals surface area contributed by atoms with Crippen LogP contribution in [0.25, 0.3) is 0 Å². The molecule has 1 unspecified atom stereocenters. The largest absolute Gasteiger partial charge is 0.354 e. The molecule has 1 atom stereocenters. The Kier molecular flexibility index (Phi) is 4.68. The van der Waals surface area contributed by atoms with Gasteiger partial charge in [0, 0.05) is 14.2 Å². The van der Waals surface area contributed by atoms with Gasteiger partial charge in [-0.1, -0.05) is 18.2 Å². The predicted molar refractivity (Wildman–Crippen MR) is 55.9 cm³/mol. The Bertz CT molecular complexity index is 302. The summed E-state index contributed by atoms with van der Waals surface area (Å²) >= 11 is 0. The van der Waals surface area contributed by atoms with Crippen molar-refractivity contribution in [2.24, 2.45) is 5.73 Å². The van der Waals surface area contributed by atoms with E-state index in [1.165, 1.54) is 20.3 Å². The lowest BCUT2D eigenvalue weighted by atomic mass is 10.1. The van der Waals surface area contributed by atoms with Crippen molar-refractivity contribution in [2.45, 2.75) is 18.8 Å². The molecule has 0 heterocycles. The van der Waals surface area contributed by atoms with Crippen LogP contribution in [0.1, 0.15) is 5.56 Å². The van der Waals surface area contributed by atoms with Gasteiger partial charge in [-0.3, -0.25) is 0 Å². The maximum atomic E-state index is 13.3. The summed E-state index contributed by atoms with van der Waals surface area (Å²) in [5, 5.41) is 0. The molecule has 0 amide bonds. The quantitative estimate of drug-likeness (QED) is 0.750. The molecule has 0 aliphatic carbocycles. The van der Waals surface area contributed by atoms with Gasteiger partial charge in [0.25, 0.3) is 0 Å². The van der Waals surface area contributed by atoms with Crippen molar-refractivity contribution in [1.82, 2.24) is 0 Å². The van der Waals surface area contributed by atoms with Crippen molar-refractivity contribution in [1.29, 1.82) is 0 Å². The number of rotatable bonds is 5. The van der Waals surface area contributed by atoms with Crippen LogP contribution in [0.3, 0.4) is 0 Å². The summed E-state index contributed by atoms with van der Waals surface area (Å²) in [4.78, 5) is 0. The molecule has 0 fully saturated rings. The van der Waals surface area contributed by atoms with Crippen LogP contribution < -0.4 is 5.73 Å². The summed E-state index contributed by atoms with van der Waals surface area (Å²) in [6.07, 6.45) is -0.122. The molecule has 0 spiro atoms. The average molecular weight is 213 g/mol. The van der Waals surface area contributed by atoms with E-state index in [0.29, 0.717) is 12.0 Å². The van der Waals surface area contributed by atoms with E-state index in [-0.39, 0.29) is 11.9 Å². The number of halogens is 1. The first-order valence-electron chi connectivity index (χ1n) is 4.73. The molecule has 0 saturated carbocycles. The van der Waals surface area contributed by atoms with Crippen molar-refractivity contribution in [3.8, 4) is 0 Å². The molecule has 4 heteroatoms. The first-order valence-corrected chi connectivity index (χ1v) is 4.73. The number of hydrogen-bond donors (Lipinski definition) is 1. The van der Waals surface area contributed by atoms with Crippen molar-refractivity contribution < 1.29 is 13.9 Å². The number of nitrogens with two attached hydrogens (primary N) is 1. The number of ether oxygens (including phenoxy) is 2. The van der Waals surface area contributed by atoms with Crippen molar-refractivity contribution >= 4 is 0 Å². The molecule has 1 aromatic rings. The third kappa shape index (κ3) is 3.27. The van der Waals surface area contributed by atoms with Gasteiger partial charge in [0.1, 0.15) is 5.82 Å². The second kappa shape index (κ2) is 5.80. The molecule has 0 bridgehead atoms. The molecule has 1 aromatic carbocycles. The first-order chi connectivity index (χ1) is 7.19. The first kappa shape index (κ1) is 12.1. The van der Waals surface area contributed by atoms with Crippen molar-refractivity contribution in [3.63, 3.8) is 0 Å². The van der Waals surface area contributed by atoms with Crippen molar-refractivity contribution in [3.05, 3.63) is 35.6 Å². The Labute approximate surface area is 89.0 Å². The highest BCUT2D eigenvalue weighted by Gasteiger charge is 2.17. The van der Waals surface area contributed by atoms with Gasteiger partial charge in [-0.05, 0) is 18.1 Å². The fourth-order valence-corrected chi connectivity index (χ4v) is 1.46. The van der Waals surface area contributed by atoms with Gasteiger partial charge in [-0.2, -0.15) is 0 Å². The monoisotopic (exact) mass is 213 g/mol. The van der Waals surface area contributed by atoms with Crippen LogP contribution in [-0.2, 0) is 15.9 Å². The SMILES string of the molecule is COC(OC)C(N)Cc1ccccc1F. The second-order valence-corrected chi connectivity index (χ2v) is 3.30. The zero-order valence-electron chi connectivity index (χ0n) is 8.94. The highest BCUT2D eigenvalue weighted by atomic mass is 19.1. The fourth-order valence-electron chi connectivity index (χ4n) is 1.46. The molecular weight excluding hydrogens is 197 g/mol. The lowest BCUT2D eigenvalue weighted by Gasteiger charge is -2.21. The van der Waals surface area contributed by atoms with E-state index < -0.39 is 6.29 Å². The number of hydrogen-bond acceptors (Lipinski definition) is 3.